The largest absolute Gasteiger partial charge is 0.337 e. The van der Waals surface area contributed by atoms with Crippen molar-refractivity contribution in [2.24, 2.45) is 0 Å². The van der Waals surface area contributed by atoms with Gasteiger partial charge in [0.05, 0.1) is 0 Å². The molecule has 21 heavy (non-hydrogen) atoms. The number of carbonyl (C=O) groups excluding carboxylic acids is 2. The number of hydrogen-bond acceptors (Lipinski definition) is 3. The van der Waals surface area contributed by atoms with Crippen molar-refractivity contribution in [3.63, 3.8) is 0 Å². The molecule has 2 rings (SSSR count). The van der Waals surface area contributed by atoms with Gasteiger partial charge in [-0.1, -0.05) is 17.7 Å². The van der Waals surface area contributed by atoms with Gasteiger partial charge >= 0.3 is 6.03 Å². The first kappa shape index (κ1) is 14.8. The van der Waals surface area contributed by atoms with E-state index in [2.05, 4.69) is 21.2 Å². The molecule has 3 amide bonds. The van der Waals surface area contributed by atoms with Crippen molar-refractivity contribution in [3.8, 4) is 0 Å². The van der Waals surface area contributed by atoms with Crippen molar-refractivity contribution < 1.29 is 9.59 Å². The summed E-state index contributed by atoms with van der Waals surface area (Å²) >= 11 is 5.96. The Labute approximate surface area is 126 Å². The van der Waals surface area contributed by atoms with Gasteiger partial charge in [-0.15, -0.1) is 0 Å². The van der Waals surface area contributed by atoms with Crippen LogP contribution in [0.15, 0.2) is 42.7 Å². The Morgan fingerprint density at radius 2 is 1.81 bits per heavy atom. The van der Waals surface area contributed by atoms with E-state index < -0.39 is 11.9 Å². The lowest BCUT2D eigenvalue weighted by atomic mass is 10.2. The molecule has 0 spiro atoms. The van der Waals surface area contributed by atoms with Crippen LogP contribution in [0.1, 0.15) is 15.9 Å². The number of hydrazine groups is 1. The third-order valence-electron chi connectivity index (χ3n) is 2.75. The van der Waals surface area contributed by atoms with E-state index in [4.69, 9.17) is 11.6 Å². The number of nitrogens with one attached hydrogen (secondary N) is 3. The summed E-state index contributed by atoms with van der Waals surface area (Å²) in [6.45, 7) is 1.79. The van der Waals surface area contributed by atoms with E-state index in [1.807, 2.05) is 0 Å². The van der Waals surface area contributed by atoms with Gasteiger partial charge in [0.15, 0.2) is 0 Å². The molecule has 6 nitrogen and oxygen atoms in total. The summed E-state index contributed by atoms with van der Waals surface area (Å²) in [5.74, 6) is -0.435. The molecular formula is C14H13ClN4O2. The van der Waals surface area contributed by atoms with Crippen LogP contribution >= 0.6 is 11.6 Å². The van der Waals surface area contributed by atoms with Crippen molar-refractivity contribution >= 4 is 29.2 Å². The summed E-state index contributed by atoms with van der Waals surface area (Å²) in [6, 6.07) is 7.67. The summed E-state index contributed by atoms with van der Waals surface area (Å²) in [4.78, 5) is 27.2. The number of urea groups is 1. The highest BCUT2D eigenvalue weighted by molar-refractivity contribution is 6.31. The van der Waals surface area contributed by atoms with Gasteiger partial charge in [-0.3, -0.25) is 15.2 Å². The van der Waals surface area contributed by atoms with Crippen molar-refractivity contribution in [3.05, 3.63) is 58.9 Å². The molecule has 0 aliphatic carbocycles. The molecule has 1 aromatic carbocycles. The van der Waals surface area contributed by atoms with E-state index in [9.17, 15) is 9.59 Å². The third kappa shape index (κ3) is 3.93. The van der Waals surface area contributed by atoms with Crippen LogP contribution in [0.2, 0.25) is 5.02 Å². The van der Waals surface area contributed by atoms with Gasteiger partial charge in [0, 0.05) is 28.7 Å². The van der Waals surface area contributed by atoms with Crippen LogP contribution in [0.4, 0.5) is 10.5 Å². The zero-order valence-electron chi connectivity index (χ0n) is 11.2. The van der Waals surface area contributed by atoms with Crippen LogP contribution in [0.25, 0.3) is 0 Å². The predicted molar refractivity (Wildman–Crippen MR) is 80.0 cm³/mol. The molecule has 108 valence electrons. The monoisotopic (exact) mass is 304 g/mol. The van der Waals surface area contributed by atoms with Crippen molar-refractivity contribution in [1.29, 1.82) is 0 Å². The van der Waals surface area contributed by atoms with Gasteiger partial charge in [0.2, 0.25) is 0 Å². The Kier molecular flexibility index (Phi) is 4.73. The summed E-state index contributed by atoms with van der Waals surface area (Å²) in [7, 11) is 0. The number of carbonyl (C=O) groups is 2. The van der Waals surface area contributed by atoms with Gasteiger partial charge < -0.3 is 5.32 Å². The summed E-state index contributed by atoms with van der Waals surface area (Å²) < 4.78 is 0. The zero-order chi connectivity index (χ0) is 15.2. The van der Waals surface area contributed by atoms with Gasteiger partial charge in [-0.05, 0) is 36.8 Å². The molecule has 0 saturated heterocycles. The minimum absolute atomic E-state index is 0.393. The second-order valence-electron chi connectivity index (χ2n) is 4.18. The highest BCUT2D eigenvalue weighted by Gasteiger charge is 2.08. The van der Waals surface area contributed by atoms with E-state index in [-0.39, 0.29) is 0 Å². The Bertz CT molecular complexity index is 661. The Hall–Kier alpha value is -2.60. The van der Waals surface area contributed by atoms with Crippen molar-refractivity contribution in [1.82, 2.24) is 15.8 Å². The Morgan fingerprint density at radius 1 is 1.10 bits per heavy atom. The number of amides is 3. The van der Waals surface area contributed by atoms with E-state index in [1.165, 1.54) is 24.5 Å². The summed E-state index contributed by atoms with van der Waals surface area (Å²) in [5.41, 5.74) is 6.26. The number of pyridine rings is 1. The number of benzene rings is 1. The second-order valence-corrected chi connectivity index (χ2v) is 4.59. The first-order valence-electron chi connectivity index (χ1n) is 6.10. The van der Waals surface area contributed by atoms with Gasteiger partial charge in [0.1, 0.15) is 0 Å². The SMILES string of the molecule is Cc1c(Cl)cccc1NC(=O)NNC(=O)c1ccncc1. The summed E-state index contributed by atoms with van der Waals surface area (Å²) in [6.07, 6.45) is 2.98. The lowest BCUT2D eigenvalue weighted by Crippen LogP contribution is -2.44. The number of halogens is 1. The van der Waals surface area contributed by atoms with Crippen LogP contribution in [0.5, 0.6) is 0 Å². The highest BCUT2D eigenvalue weighted by Crippen LogP contribution is 2.22. The molecule has 2 aromatic rings. The molecule has 0 fully saturated rings. The van der Waals surface area contributed by atoms with Crippen LogP contribution in [0, 0.1) is 6.92 Å². The molecule has 0 radical (unpaired) electrons. The van der Waals surface area contributed by atoms with Gasteiger partial charge in [-0.2, -0.15) is 0 Å². The molecule has 1 aromatic heterocycles. The molecule has 0 aliphatic rings. The van der Waals surface area contributed by atoms with E-state index in [1.54, 1.807) is 25.1 Å². The third-order valence-corrected chi connectivity index (χ3v) is 3.16. The minimum Gasteiger partial charge on any atom is -0.306 e. The first-order valence-corrected chi connectivity index (χ1v) is 6.48. The molecular weight excluding hydrogens is 292 g/mol. The number of nitrogens with zero attached hydrogens (tertiary/aromatic N) is 1. The lowest BCUT2D eigenvalue weighted by molar-refractivity contribution is 0.0938. The smallest absolute Gasteiger partial charge is 0.306 e. The molecule has 3 N–H and O–H groups in total. The number of rotatable bonds is 2. The average molecular weight is 305 g/mol. The van der Waals surface area contributed by atoms with Crippen molar-refractivity contribution in [2.75, 3.05) is 5.32 Å². The number of hydrogen-bond donors (Lipinski definition) is 3. The molecule has 0 bridgehead atoms. The Balaban J connectivity index is 1.91. The van der Waals surface area contributed by atoms with Crippen LogP contribution in [-0.4, -0.2) is 16.9 Å². The highest BCUT2D eigenvalue weighted by atomic mass is 35.5. The van der Waals surface area contributed by atoms with E-state index >= 15 is 0 Å². The maximum absolute atomic E-state index is 11.7. The Morgan fingerprint density at radius 3 is 2.52 bits per heavy atom. The maximum Gasteiger partial charge on any atom is 0.337 e. The molecule has 1 heterocycles. The topological polar surface area (TPSA) is 83.1 Å². The zero-order valence-corrected chi connectivity index (χ0v) is 11.9. The quantitative estimate of drug-likeness (QED) is 0.745. The lowest BCUT2D eigenvalue weighted by Gasteiger charge is -2.11. The summed E-state index contributed by atoms with van der Waals surface area (Å²) in [5, 5.41) is 3.15. The fourth-order valence-corrected chi connectivity index (χ4v) is 1.76. The van der Waals surface area contributed by atoms with Crippen LogP contribution in [0.3, 0.4) is 0 Å². The standard InChI is InChI=1S/C14H13ClN4O2/c1-9-11(15)3-2-4-12(9)17-14(21)19-18-13(20)10-5-7-16-8-6-10/h2-8H,1H3,(H,18,20)(H2,17,19,21). The molecule has 0 aliphatic heterocycles. The van der Waals surface area contributed by atoms with E-state index in [0.717, 1.165) is 5.56 Å². The maximum atomic E-state index is 11.7. The molecule has 0 atom stereocenters. The normalized spacial score (nSPS) is 9.81. The molecule has 0 saturated carbocycles. The average Bonchev–Trinajstić information content (AvgIpc) is 2.50. The second kappa shape index (κ2) is 6.71. The number of anilines is 1. The van der Waals surface area contributed by atoms with Gasteiger partial charge in [0.25, 0.3) is 5.91 Å². The van der Waals surface area contributed by atoms with E-state index in [0.29, 0.717) is 16.3 Å². The fraction of sp³-hybridized carbons (Fsp3) is 0.0714. The first-order chi connectivity index (χ1) is 10.1. The van der Waals surface area contributed by atoms with Crippen LogP contribution in [-0.2, 0) is 0 Å². The van der Waals surface area contributed by atoms with Crippen LogP contribution < -0.4 is 16.2 Å². The van der Waals surface area contributed by atoms with Gasteiger partial charge in [-0.25, -0.2) is 10.2 Å². The molecule has 7 heteroatoms. The number of aromatic nitrogens is 1. The minimum atomic E-state index is -0.567. The fourth-order valence-electron chi connectivity index (χ4n) is 1.59. The van der Waals surface area contributed by atoms with Crippen molar-refractivity contribution in [2.45, 2.75) is 6.92 Å². The predicted octanol–water partition coefficient (Wildman–Crippen LogP) is 2.51. The molecule has 0 unspecified atom stereocenters.